The number of benzene rings is 3. The zero-order chi connectivity index (χ0) is 20.5. The highest BCUT2D eigenvalue weighted by Crippen LogP contribution is 2.51. The van der Waals surface area contributed by atoms with E-state index in [1.807, 2.05) is 42.5 Å². The van der Waals surface area contributed by atoms with Gasteiger partial charge < -0.3 is 10.6 Å². The van der Waals surface area contributed by atoms with Crippen LogP contribution in [0.5, 0.6) is 0 Å². The fourth-order valence-electron chi connectivity index (χ4n) is 4.93. The molecule has 1 aliphatic heterocycles. The van der Waals surface area contributed by atoms with Gasteiger partial charge in [0.15, 0.2) is 0 Å². The SMILES string of the molecule is Cc1ccccc1C1Nc2c(C(=O)NCc3ccccc3)cccc2C2C=CCC21. The van der Waals surface area contributed by atoms with Crippen molar-refractivity contribution in [1.29, 1.82) is 0 Å². The van der Waals surface area contributed by atoms with Gasteiger partial charge in [-0.2, -0.15) is 0 Å². The van der Waals surface area contributed by atoms with Crippen LogP contribution in [-0.4, -0.2) is 5.91 Å². The number of aryl methyl sites for hydroxylation is 1. The molecule has 3 unspecified atom stereocenters. The zero-order valence-corrected chi connectivity index (χ0v) is 17.1. The maximum absolute atomic E-state index is 13.1. The van der Waals surface area contributed by atoms with E-state index in [1.54, 1.807) is 0 Å². The summed E-state index contributed by atoms with van der Waals surface area (Å²) >= 11 is 0. The number of carbonyl (C=O) groups is 1. The maximum Gasteiger partial charge on any atom is 0.253 e. The van der Waals surface area contributed by atoms with Crippen molar-refractivity contribution in [3.63, 3.8) is 0 Å². The number of allylic oxidation sites excluding steroid dienone is 2. The first-order valence-corrected chi connectivity index (χ1v) is 10.7. The monoisotopic (exact) mass is 394 g/mol. The second kappa shape index (κ2) is 7.83. The van der Waals surface area contributed by atoms with Gasteiger partial charge in [0.25, 0.3) is 5.91 Å². The number of carbonyl (C=O) groups excluding carboxylic acids is 1. The zero-order valence-electron chi connectivity index (χ0n) is 17.1. The van der Waals surface area contributed by atoms with Crippen LogP contribution >= 0.6 is 0 Å². The summed E-state index contributed by atoms with van der Waals surface area (Å²) in [6, 6.07) is 24.9. The van der Waals surface area contributed by atoms with Crippen LogP contribution in [0.2, 0.25) is 0 Å². The van der Waals surface area contributed by atoms with Gasteiger partial charge in [0, 0.05) is 12.5 Å². The summed E-state index contributed by atoms with van der Waals surface area (Å²) in [5, 5.41) is 6.87. The third kappa shape index (κ3) is 3.30. The molecule has 0 radical (unpaired) electrons. The summed E-state index contributed by atoms with van der Waals surface area (Å²) in [6.07, 6.45) is 5.67. The Morgan fingerprint density at radius 2 is 1.73 bits per heavy atom. The Morgan fingerprint density at radius 1 is 0.967 bits per heavy atom. The standard InChI is InChI=1S/C27H26N2O/c1-18-9-5-6-12-20(18)25-22-14-7-13-21(22)23-15-8-16-24(26(23)29-25)27(30)28-17-19-10-3-2-4-11-19/h2-13,15-16,21-22,25,29H,14,17H2,1H3,(H,28,30). The lowest BCUT2D eigenvalue weighted by molar-refractivity contribution is 0.0951. The Balaban J connectivity index is 1.48. The van der Waals surface area contributed by atoms with Crippen molar-refractivity contribution in [2.75, 3.05) is 5.32 Å². The quantitative estimate of drug-likeness (QED) is 0.553. The third-order valence-corrected chi connectivity index (χ3v) is 6.46. The first-order valence-electron chi connectivity index (χ1n) is 10.7. The highest BCUT2D eigenvalue weighted by Gasteiger charge is 2.39. The third-order valence-electron chi connectivity index (χ3n) is 6.46. The summed E-state index contributed by atoms with van der Waals surface area (Å²) < 4.78 is 0. The van der Waals surface area contributed by atoms with Gasteiger partial charge in [0.05, 0.1) is 17.3 Å². The Morgan fingerprint density at radius 3 is 2.57 bits per heavy atom. The van der Waals surface area contributed by atoms with Gasteiger partial charge >= 0.3 is 0 Å². The Hall–Kier alpha value is -3.33. The molecule has 1 amide bonds. The van der Waals surface area contributed by atoms with E-state index in [9.17, 15) is 4.79 Å². The molecular weight excluding hydrogens is 368 g/mol. The number of hydrogen-bond donors (Lipinski definition) is 2. The van der Waals surface area contributed by atoms with Crippen molar-refractivity contribution in [2.45, 2.75) is 31.8 Å². The summed E-state index contributed by atoms with van der Waals surface area (Å²) in [7, 11) is 0. The van der Waals surface area contributed by atoms with Crippen LogP contribution in [0.25, 0.3) is 0 Å². The molecule has 1 heterocycles. The molecule has 150 valence electrons. The maximum atomic E-state index is 13.1. The molecule has 30 heavy (non-hydrogen) atoms. The van der Waals surface area contributed by atoms with Gasteiger partial charge in [0.2, 0.25) is 0 Å². The lowest BCUT2D eigenvalue weighted by Gasteiger charge is -2.39. The van der Waals surface area contributed by atoms with Crippen LogP contribution < -0.4 is 10.6 Å². The summed E-state index contributed by atoms with van der Waals surface area (Å²) in [5.74, 6) is 0.779. The second-order valence-electron chi connectivity index (χ2n) is 8.27. The van der Waals surface area contributed by atoms with Gasteiger partial charge in [-0.05, 0) is 47.6 Å². The molecule has 0 spiro atoms. The minimum absolute atomic E-state index is 0.0350. The fraction of sp³-hybridized carbons (Fsp3) is 0.222. The molecule has 0 saturated carbocycles. The topological polar surface area (TPSA) is 41.1 Å². The molecule has 0 bridgehead atoms. The van der Waals surface area contributed by atoms with Crippen LogP contribution in [0.1, 0.15) is 51.0 Å². The normalized spacial score (nSPS) is 21.4. The van der Waals surface area contributed by atoms with Crippen molar-refractivity contribution in [3.05, 3.63) is 113 Å². The smallest absolute Gasteiger partial charge is 0.253 e. The molecule has 2 aliphatic rings. The van der Waals surface area contributed by atoms with Crippen molar-refractivity contribution in [2.24, 2.45) is 5.92 Å². The number of rotatable bonds is 4. The molecule has 3 heteroatoms. The van der Waals surface area contributed by atoms with Gasteiger partial charge in [-0.15, -0.1) is 0 Å². The van der Waals surface area contributed by atoms with Gasteiger partial charge in [-0.25, -0.2) is 0 Å². The number of para-hydroxylation sites is 1. The van der Waals surface area contributed by atoms with Crippen molar-refractivity contribution >= 4 is 11.6 Å². The highest BCUT2D eigenvalue weighted by atomic mass is 16.1. The molecule has 2 N–H and O–H groups in total. The van der Waals surface area contributed by atoms with E-state index in [-0.39, 0.29) is 11.9 Å². The molecule has 0 aromatic heterocycles. The van der Waals surface area contributed by atoms with E-state index in [1.165, 1.54) is 16.7 Å². The van der Waals surface area contributed by atoms with Crippen molar-refractivity contribution < 1.29 is 4.79 Å². The molecule has 3 aromatic carbocycles. The molecule has 0 fully saturated rings. The average molecular weight is 395 g/mol. The van der Waals surface area contributed by atoms with Crippen LogP contribution in [0.15, 0.2) is 84.9 Å². The van der Waals surface area contributed by atoms with E-state index in [4.69, 9.17) is 0 Å². The van der Waals surface area contributed by atoms with Crippen molar-refractivity contribution in [1.82, 2.24) is 5.32 Å². The predicted molar refractivity (Wildman–Crippen MR) is 122 cm³/mol. The molecule has 0 saturated heterocycles. The predicted octanol–water partition coefficient (Wildman–Crippen LogP) is 5.75. The lowest BCUT2D eigenvalue weighted by atomic mass is 9.75. The number of nitrogens with one attached hydrogen (secondary N) is 2. The number of fused-ring (bicyclic) bond motifs is 3. The van der Waals surface area contributed by atoms with Crippen molar-refractivity contribution in [3.8, 4) is 0 Å². The van der Waals surface area contributed by atoms with Gasteiger partial charge in [0.1, 0.15) is 0 Å². The van der Waals surface area contributed by atoms with Gasteiger partial charge in [-0.1, -0.05) is 78.9 Å². The summed E-state index contributed by atoms with van der Waals surface area (Å²) in [5.41, 5.74) is 6.63. The van der Waals surface area contributed by atoms with E-state index in [0.717, 1.165) is 23.2 Å². The average Bonchev–Trinajstić information content (AvgIpc) is 3.28. The second-order valence-corrected chi connectivity index (χ2v) is 8.27. The molecule has 3 nitrogen and oxygen atoms in total. The molecule has 5 rings (SSSR count). The lowest BCUT2D eigenvalue weighted by Crippen LogP contribution is -2.32. The number of amides is 1. The van der Waals surface area contributed by atoms with E-state index < -0.39 is 0 Å². The van der Waals surface area contributed by atoms with Crippen LogP contribution in [-0.2, 0) is 6.54 Å². The van der Waals surface area contributed by atoms with Crippen LogP contribution in [0.4, 0.5) is 5.69 Å². The highest BCUT2D eigenvalue weighted by molar-refractivity contribution is 6.00. The van der Waals surface area contributed by atoms with E-state index in [2.05, 4.69) is 60.0 Å². The minimum atomic E-state index is -0.0350. The largest absolute Gasteiger partial charge is 0.377 e. The minimum Gasteiger partial charge on any atom is -0.377 e. The first-order chi connectivity index (χ1) is 14.7. The number of anilines is 1. The van der Waals surface area contributed by atoms with Crippen LogP contribution in [0.3, 0.4) is 0 Å². The molecule has 3 atom stereocenters. The van der Waals surface area contributed by atoms with E-state index in [0.29, 0.717) is 18.4 Å². The fourth-order valence-corrected chi connectivity index (χ4v) is 4.93. The Labute approximate surface area is 177 Å². The summed E-state index contributed by atoms with van der Waals surface area (Å²) in [6.45, 7) is 2.69. The summed E-state index contributed by atoms with van der Waals surface area (Å²) in [4.78, 5) is 13.1. The first kappa shape index (κ1) is 18.7. The number of hydrogen-bond acceptors (Lipinski definition) is 2. The van der Waals surface area contributed by atoms with E-state index >= 15 is 0 Å². The van der Waals surface area contributed by atoms with Gasteiger partial charge in [-0.3, -0.25) is 4.79 Å². The molecular formula is C27H26N2O. The van der Waals surface area contributed by atoms with Crippen LogP contribution in [0, 0.1) is 12.8 Å². The molecule has 3 aromatic rings. The molecule has 1 aliphatic carbocycles. The Kier molecular flexibility index (Phi) is 4.88. The Bertz CT molecular complexity index is 1100.